The first-order valence-corrected chi connectivity index (χ1v) is 7.08. The summed E-state index contributed by atoms with van der Waals surface area (Å²) in [6, 6.07) is 0. The van der Waals surface area contributed by atoms with Crippen molar-refractivity contribution in [3.05, 3.63) is 11.4 Å². The van der Waals surface area contributed by atoms with Gasteiger partial charge in [0.15, 0.2) is 0 Å². The summed E-state index contributed by atoms with van der Waals surface area (Å²) in [7, 11) is 0. The van der Waals surface area contributed by atoms with Gasteiger partial charge < -0.3 is 15.7 Å². The van der Waals surface area contributed by atoms with Gasteiger partial charge in [-0.25, -0.2) is 9.97 Å². The van der Waals surface area contributed by atoms with Gasteiger partial charge in [-0.1, -0.05) is 12.8 Å². The van der Waals surface area contributed by atoms with Crippen molar-refractivity contribution < 1.29 is 5.11 Å². The van der Waals surface area contributed by atoms with E-state index >= 15 is 0 Å². The molecule has 5 nitrogen and oxygen atoms in total. The van der Waals surface area contributed by atoms with Gasteiger partial charge in [-0.2, -0.15) is 0 Å². The van der Waals surface area contributed by atoms with E-state index in [0.29, 0.717) is 0 Å². The van der Waals surface area contributed by atoms with Crippen LogP contribution in [0.25, 0.3) is 0 Å². The maximum Gasteiger partial charge on any atom is 0.135 e. The average Bonchev–Trinajstić information content (AvgIpc) is 2.84. The predicted octanol–water partition coefficient (Wildman–Crippen LogP) is 2.24. The monoisotopic (exact) mass is 264 g/mol. The summed E-state index contributed by atoms with van der Waals surface area (Å²) in [5.41, 5.74) is 0.821. The summed E-state index contributed by atoms with van der Waals surface area (Å²) in [6.45, 7) is 6.95. The molecule has 1 aromatic rings. The Morgan fingerprint density at radius 1 is 1.16 bits per heavy atom. The summed E-state index contributed by atoms with van der Waals surface area (Å²) in [5, 5.41) is 16.4. The molecule has 0 radical (unpaired) electrons. The van der Waals surface area contributed by atoms with E-state index in [2.05, 4.69) is 27.5 Å². The van der Waals surface area contributed by atoms with E-state index in [1.54, 1.807) is 0 Å². The molecule has 0 unspecified atom stereocenters. The molecule has 0 aliphatic heterocycles. The zero-order valence-electron chi connectivity index (χ0n) is 12.1. The standard InChI is InChI=1S/C14H24N4O/c1-4-15-12-10(2)13(17-11(3)16-12)18-14(9-19)7-5-6-8-14/h19H,4-9H2,1-3H3,(H2,15,16,17,18). The fourth-order valence-electron chi connectivity index (χ4n) is 2.72. The zero-order valence-corrected chi connectivity index (χ0v) is 12.1. The normalized spacial score (nSPS) is 17.5. The maximum atomic E-state index is 9.69. The Labute approximate surface area is 114 Å². The number of nitrogens with zero attached hydrogens (tertiary/aromatic N) is 2. The number of aliphatic hydroxyl groups excluding tert-OH is 1. The maximum absolute atomic E-state index is 9.69. The minimum absolute atomic E-state index is 0.159. The van der Waals surface area contributed by atoms with Crippen molar-refractivity contribution in [3.63, 3.8) is 0 Å². The van der Waals surface area contributed by atoms with Crippen molar-refractivity contribution in [2.45, 2.75) is 52.0 Å². The molecule has 0 spiro atoms. The second-order valence-corrected chi connectivity index (χ2v) is 5.39. The van der Waals surface area contributed by atoms with E-state index in [9.17, 15) is 5.11 Å². The smallest absolute Gasteiger partial charge is 0.135 e. The van der Waals surface area contributed by atoms with E-state index in [1.807, 2.05) is 13.8 Å². The van der Waals surface area contributed by atoms with Crippen LogP contribution in [0.5, 0.6) is 0 Å². The number of hydrogen-bond acceptors (Lipinski definition) is 5. The number of aryl methyl sites for hydroxylation is 1. The third-order valence-electron chi connectivity index (χ3n) is 3.85. The van der Waals surface area contributed by atoms with Crippen LogP contribution in [0, 0.1) is 13.8 Å². The van der Waals surface area contributed by atoms with Gasteiger partial charge >= 0.3 is 0 Å². The van der Waals surface area contributed by atoms with Gasteiger partial charge in [-0.15, -0.1) is 0 Å². The lowest BCUT2D eigenvalue weighted by Crippen LogP contribution is -2.39. The fourth-order valence-corrected chi connectivity index (χ4v) is 2.72. The first-order valence-electron chi connectivity index (χ1n) is 7.08. The molecule has 0 amide bonds. The van der Waals surface area contributed by atoms with Crippen LogP contribution in [0.3, 0.4) is 0 Å². The first kappa shape index (κ1) is 14.1. The molecule has 1 aromatic heterocycles. The summed E-state index contributed by atoms with van der Waals surface area (Å²) < 4.78 is 0. The highest BCUT2D eigenvalue weighted by atomic mass is 16.3. The second kappa shape index (κ2) is 5.74. The van der Waals surface area contributed by atoms with Crippen LogP contribution in [-0.4, -0.2) is 33.8 Å². The Morgan fingerprint density at radius 3 is 2.37 bits per heavy atom. The van der Waals surface area contributed by atoms with Crippen LogP contribution < -0.4 is 10.6 Å². The van der Waals surface area contributed by atoms with Gasteiger partial charge in [-0.05, 0) is 33.6 Å². The molecule has 0 bridgehead atoms. The summed E-state index contributed by atoms with van der Waals surface area (Å²) in [6.07, 6.45) is 4.33. The minimum atomic E-state index is -0.199. The zero-order chi connectivity index (χ0) is 13.9. The lowest BCUT2D eigenvalue weighted by Gasteiger charge is -2.29. The van der Waals surface area contributed by atoms with Gasteiger partial charge in [-0.3, -0.25) is 0 Å². The quantitative estimate of drug-likeness (QED) is 0.761. The van der Waals surface area contributed by atoms with Crippen molar-refractivity contribution >= 4 is 11.6 Å². The van der Waals surface area contributed by atoms with Gasteiger partial charge in [0.05, 0.1) is 12.1 Å². The number of hydrogen-bond donors (Lipinski definition) is 3. The predicted molar refractivity (Wildman–Crippen MR) is 77.6 cm³/mol. The number of aromatic nitrogens is 2. The van der Waals surface area contributed by atoms with Crippen LogP contribution in [0.2, 0.25) is 0 Å². The lowest BCUT2D eigenvalue weighted by atomic mass is 9.98. The second-order valence-electron chi connectivity index (χ2n) is 5.39. The van der Waals surface area contributed by atoms with Crippen LogP contribution in [0.1, 0.15) is 44.0 Å². The van der Waals surface area contributed by atoms with Crippen molar-refractivity contribution in [2.75, 3.05) is 23.8 Å². The Balaban J connectivity index is 2.28. The van der Waals surface area contributed by atoms with E-state index in [4.69, 9.17) is 0 Å². The van der Waals surface area contributed by atoms with Gasteiger partial charge in [0.25, 0.3) is 0 Å². The number of anilines is 2. The van der Waals surface area contributed by atoms with Crippen LogP contribution in [0.4, 0.5) is 11.6 Å². The van der Waals surface area contributed by atoms with Crippen LogP contribution in [-0.2, 0) is 0 Å². The molecule has 1 aliphatic carbocycles. The van der Waals surface area contributed by atoms with Crippen molar-refractivity contribution in [1.82, 2.24) is 9.97 Å². The van der Waals surface area contributed by atoms with Gasteiger partial charge in [0.2, 0.25) is 0 Å². The van der Waals surface area contributed by atoms with E-state index in [0.717, 1.165) is 55.3 Å². The Kier molecular flexibility index (Phi) is 4.24. The lowest BCUT2D eigenvalue weighted by molar-refractivity contribution is 0.213. The Bertz CT molecular complexity index is 441. The topological polar surface area (TPSA) is 70.1 Å². The molecule has 1 aliphatic rings. The molecule has 0 aromatic carbocycles. The molecule has 2 rings (SSSR count). The van der Waals surface area contributed by atoms with Crippen molar-refractivity contribution in [3.8, 4) is 0 Å². The summed E-state index contributed by atoms with van der Waals surface area (Å²) in [5.74, 6) is 2.47. The van der Waals surface area contributed by atoms with Crippen molar-refractivity contribution in [2.24, 2.45) is 0 Å². The van der Waals surface area contributed by atoms with Crippen molar-refractivity contribution in [1.29, 1.82) is 0 Å². The highest BCUT2D eigenvalue weighted by Crippen LogP contribution is 2.33. The minimum Gasteiger partial charge on any atom is -0.394 e. The SMILES string of the molecule is CCNc1nc(C)nc(NC2(CO)CCCC2)c1C. The molecule has 3 N–H and O–H groups in total. The van der Waals surface area contributed by atoms with Crippen LogP contribution >= 0.6 is 0 Å². The molecule has 1 heterocycles. The van der Waals surface area contributed by atoms with Gasteiger partial charge in [0, 0.05) is 12.1 Å². The van der Waals surface area contributed by atoms with E-state index in [1.165, 1.54) is 0 Å². The molecule has 5 heteroatoms. The first-order chi connectivity index (χ1) is 9.10. The molecule has 19 heavy (non-hydrogen) atoms. The van der Waals surface area contributed by atoms with Gasteiger partial charge in [0.1, 0.15) is 17.5 Å². The molecule has 0 saturated heterocycles. The number of aliphatic hydroxyl groups is 1. The average molecular weight is 264 g/mol. The Hall–Kier alpha value is -1.36. The molecule has 106 valence electrons. The third kappa shape index (κ3) is 2.97. The van der Waals surface area contributed by atoms with E-state index in [-0.39, 0.29) is 12.1 Å². The molecular weight excluding hydrogens is 240 g/mol. The molecular formula is C14H24N4O. The summed E-state index contributed by atoms with van der Waals surface area (Å²) in [4.78, 5) is 8.92. The fraction of sp³-hybridized carbons (Fsp3) is 0.714. The van der Waals surface area contributed by atoms with E-state index < -0.39 is 0 Å². The molecule has 1 fully saturated rings. The number of rotatable bonds is 5. The Morgan fingerprint density at radius 2 is 1.79 bits per heavy atom. The third-order valence-corrected chi connectivity index (χ3v) is 3.85. The van der Waals surface area contributed by atoms with Crippen LogP contribution in [0.15, 0.2) is 0 Å². The summed E-state index contributed by atoms with van der Waals surface area (Å²) >= 11 is 0. The highest BCUT2D eigenvalue weighted by Gasteiger charge is 2.34. The number of nitrogens with one attached hydrogen (secondary N) is 2. The highest BCUT2D eigenvalue weighted by molar-refractivity contribution is 5.58. The molecule has 1 saturated carbocycles. The largest absolute Gasteiger partial charge is 0.394 e. The molecule has 0 atom stereocenters.